The number of quaternary nitrogens is 1. The highest BCUT2D eigenvalue weighted by atomic mass is 31.2. The van der Waals surface area contributed by atoms with Crippen LogP contribution in [-0.4, -0.2) is 70.0 Å². The Balaban J connectivity index is 4.14. The summed E-state index contributed by atoms with van der Waals surface area (Å²) in [6.45, 7) is 4.03. The molecule has 0 aliphatic heterocycles. The molecule has 2 atom stereocenters. The molecular weight excluding hydrogens is 978 g/mol. The Morgan fingerprint density at radius 1 is 0.416 bits per heavy atom. The van der Waals surface area contributed by atoms with Crippen LogP contribution in [0.4, 0.5) is 0 Å². The number of hydrogen-bond acceptors (Lipinski definition) is 8. The fourth-order valence-corrected chi connectivity index (χ4v) is 8.19. The zero-order valence-corrected chi connectivity index (χ0v) is 50.2. The van der Waals surface area contributed by atoms with Crippen LogP contribution in [0.2, 0.25) is 0 Å². The molecule has 0 aromatic heterocycles. The third kappa shape index (κ3) is 61.0. The molecule has 9 nitrogen and oxygen atoms in total. The normalized spacial score (nSPS) is 14.3. The second-order valence-corrected chi connectivity index (χ2v) is 22.0. The summed E-state index contributed by atoms with van der Waals surface area (Å²) in [5.41, 5.74) is 0. The van der Waals surface area contributed by atoms with Gasteiger partial charge in [0.2, 0.25) is 0 Å². The molecule has 0 bridgehead atoms. The van der Waals surface area contributed by atoms with E-state index in [0.717, 1.165) is 135 Å². The van der Waals surface area contributed by atoms with E-state index < -0.39 is 32.5 Å². The molecule has 0 aromatic carbocycles. The van der Waals surface area contributed by atoms with Crippen molar-refractivity contribution in [1.82, 2.24) is 0 Å². The zero-order valence-electron chi connectivity index (χ0n) is 49.3. The average Bonchev–Trinajstić information content (AvgIpc) is 3.39. The maximum atomic E-state index is 12.8. The Hall–Kier alpha value is -4.11. The van der Waals surface area contributed by atoms with Gasteiger partial charge in [-0.1, -0.05) is 230 Å². The van der Waals surface area contributed by atoms with Crippen LogP contribution in [0.3, 0.4) is 0 Å². The van der Waals surface area contributed by atoms with E-state index in [0.29, 0.717) is 23.9 Å². The Morgan fingerprint density at radius 2 is 0.740 bits per heavy atom. The van der Waals surface area contributed by atoms with Crippen molar-refractivity contribution >= 4 is 19.8 Å². The van der Waals surface area contributed by atoms with Crippen molar-refractivity contribution in [2.45, 2.75) is 219 Å². The molecule has 0 radical (unpaired) electrons. The van der Waals surface area contributed by atoms with Crippen LogP contribution in [0, 0.1) is 0 Å². The monoisotopic (exact) mass is 1090 g/mol. The summed E-state index contributed by atoms with van der Waals surface area (Å²) in [6.07, 6.45) is 83.3. The molecule has 2 unspecified atom stereocenters. The van der Waals surface area contributed by atoms with E-state index in [-0.39, 0.29) is 26.1 Å². The van der Waals surface area contributed by atoms with Gasteiger partial charge in [-0.15, -0.1) is 0 Å². The number of carbonyl (C=O) groups is 2. The Bertz CT molecular complexity index is 1810. The highest BCUT2D eigenvalue weighted by Crippen LogP contribution is 2.38. The predicted octanol–water partition coefficient (Wildman–Crippen LogP) is 18.5. The maximum Gasteiger partial charge on any atom is 0.306 e. The zero-order chi connectivity index (χ0) is 56.3. The standard InChI is InChI=1S/C67H110NO8P/c1-6-8-10-12-14-16-18-20-22-23-24-25-26-27-28-29-30-31-32-33-34-35-36-37-38-39-40-41-42-43-44-45-46-48-50-52-54-56-58-60-67(70)76-65(64-75-77(71,72)74-62-61-68(3,4)5)63-73-66(69)59-57-55-53-51-49-47-21-19-17-15-13-11-9-7-2/h8,10,13-16,19-22,24-25,27-28,30-31,33-34,36-37,39-40,42-43,65H,6-7,9,11-12,17-18,23,26,29,32,35,38,41,44-64H2,1-5H3/b10-8-,15-13-,16-14-,21-19-,22-20-,25-24-,28-27-,31-30-,34-33-,37-36-,40-39-,43-42-. The highest BCUT2D eigenvalue weighted by molar-refractivity contribution is 7.45. The van der Waals surface area contributed by atoms with Crippen LogP contribution in [0.1, 0.15) is 213 Å². The van der Waals surface area contributed by atoms with Gasteiger partial charge in [0, 0.05) is 12.8 Å². The third-order valence-corrected chi connectivity index (χ3v) is 13.1. The third-order valence-electron chi connectivity index (χ3n) is 12.1. The molecule has 0 saturated carbocycles. The second-order valence-electron chi connectivity index (χ2n) is 20.6. The van der Waals surface area contributed by atoms with Crippen LogP contribution in [0.25, 0.3) is 0 Å². The molecule has 0 spiro atoms. The van der Waals surface area contributed by atoms with Gasteiger partial charge >= 0.3 is 11.9 Å². The van der Waals surface area contributed by atoms with Crippen molar-refractivity contribution in [1.29, 1.82) is 0 Å². The number of allylic oxidation sites excluding steroid dienone is 24. The summed E-state index contributed by atoms with van der Waals surface area (Å²) < 4.78 is 34.1. The van der Waals surface area contributed by atoms with Gasteiger partial charge in [-0.05, 0) is 116 Å². The Morgan fingerprint density at radius 3 is 1.10 bits per heavy atom. The highest BCUT2D eigenvalue weighted by Gasteiger charge is 2.21. The number of carbonyl (C=O) groups excluding carboxylic acids is 2. The van der Waals surface area contributed by atoms with E-state index in [9.17, 15) is 19.0 Å². The molecule has 0 amide bonds. The number of esters is 2. The molecule has 0 rings (SSSR count). The SMILES string of the molecule is CC/C=C\C/C=C\C/C=C\C/C=C\C/C=C\C/C=C\C/C=C\C/C=C\C/C=C\C/C=C\CCCCCCCCCCC(=O)OC(COC(=O)CCCCCCC/C=C\C/C=C\CCCC)COP(=O)([O-])OCC[N+](C)(C)C. The molecule has 0 saturated heterocycles. The topological polar surface area (TPSA) is 111 Å². The lowest BCUT2D eigenvalue weighted by atomic mass is 10.1. The first-order chi connectivity index (χ1) is 37.5. The molecule has 436 valence electrons. The van der Waals surface area contributed by atoms with Crippen molar-refractivity contribution < 1.29 is 42.1 Å². The lowest BCUT2D eigenvalue weighted by Crippen LogP contribution is -2.37. The fraction of sp³-hybridized carbons (Fsp3) is 0.612. The van der Waals surface area contributed by atoms with Crippen molar-refractivity contribution in [3.8, 4) is 0 Å². The van der Waals surface area contributed by atoms with E-state index in [2.05, 4.69) is 160 Å². The smallest absolute Gasteiger partial charge is 0.306 e. The van der Waals surface area contributed by atoms with Crippen LogP contribution >= 0.6 is 7.82 Å². The van der Waals surface area contributed by atoms with E-state index in [1.807, 2.05) is 21.1 Å². The maximum absolute atomic E-state index is 12.8. The molecule has 0 N–H and O–H groups in total. The van der Waals surface area contributed by atoms with Gasteiger partial charge < -0.3 is 27.9 Å². The van der Waals surface area contributed by atoms with Crippen LogP contribution in [-0.2, 0) is 32.7 Å². The van der Waals surface area contributed by atoms with Gasteiger partial charge in [0.25, 0.3) is 7.82 Å². The predicted molar refractivity (Wildman–Crippen MR) is 327 cm³/mol. The minimum atomic E-state index is -4.65. The Kier molecular flexibility index (Phi) is 53.6. The number of nitrogens with zero attached hydrogens (tertiary/aromatic N) is 1. The summed E-state index contributed by atoms with van der Waals surface area (Å²) in [5, 5.41) is 0. The van der Waals surface area contributed by atoms with Gasteiger partial charge in [0.05, 0.1) is 27.7 Å². The van der Waals surface area contributed by atoms with Gasteiger partial charge in [-0.25, -0.2) is 0 Å². The lowest BCUT2D eigenvalue weighted by molar-refractivity contribution is -0.870. The number of ether oxygens (including phenoxy) is 2. The molecule has 0 aliphatic rings. The number of phosphoric acid groups is 1. The summed E-state index contributed by atoms with van der Waals surface area (Å²) in [5.74, 6) is -0.870. The van der Waals surface area contributed by atoms with Gasteiger partial charge in [0.15, 0.2) is 6.10 Å². The van der Waals surface area contributed by atoms with Gasteiger partial charge in [-0.2, -0.15) is 0 Å². The fourth-order valence-electron chi connectivity index (χ4n) is 7.46. The average molecular weight is 1090 g/mol. The quantitative estimate of drug-likeness (QED) is 0.0195. The van der Waals surface area contributed by atoms with Crippen molar-refractivity contribution in [3.63, 3.8) is 0 Å². The van der Waals surface area contributed by atoms with Crippen molar-refractivity contribution in [2.75, 3.05) is 47.5 Å². The van der Waals surface area contributed by atoms with Crippen molar-refractivity contribution in [2.24, 2.45) is 0 Å². The number of likely N-dealkylation sites (N-methyl/N-ethyl adjacent to an activating group) is 1. The van der Waals surface area contributed by atoms with Crippen LogP contribution < -0.4 is 4.89 Å². The van der Waals surface area contributed by atoms with E-state index >= 15 is 0 Å². The molecular formula is C67H110NO8P. The summed E-state index contributed by atoms with van der Waals surface area (Å²) >= 11 is 0. The number of unbranched alkanes of at least 4 members (excludes halogenated alkanes) is 15. The summed E-state index contributed by atoms with van der Waals surface area (Å²) in [4.78, 5) is 37.8. The number of phosphoric ester groups is 1. The molecule has 0 aromatic rings. The molecule has 0 aliphatic carbocycles. The Labute approximate surface area is 472 Å². The molecule has 77 heavy (non-hydrogen) atoms. The molecule has 0 fully saturated rings. The van der Waals surface area contributed by atoms with Crippen LogP contribution in [0.5, 0.6) is 0 Å². The first-order valence-corrected chi connectivity index (χ1v) is 31.5. The van der Waals surface area contributed by atoms with E-state index in [4.69, 9.17) is 18.5 Å². The molecule has 0 heterocycles. The lowest BCUT2D eigenvalue weighted by Gasteiger charge is -2.28. The largest absolute Gasteiger partial charge is 0.756 e. The van der Waals surface area contributed by atoms with Crippen LogP contribution in [0.15, 0.2) is 146 Å². The summed E-state index contributed by atoms with van der Waals surface area (Å²) in [6, 6.07) is 0. The first kappa shape index (κ1) is 72.9. The minimum absolute atomic E-state index is 0.0423. The van der Waals surface area contributed by atoms with Gasteiger partial charge in [-0.3, -0.25) is 14.2 Å². The van der Waals surface area contributed by atoms with Gasteiger partial charge in [0.1, 0.15) is 19.8 Å². The first-order valence-electron chi connectivity index (χ1n) is 30.0. The van der Waals surface area contributed by atoms with E-state index in [1.165, 1.54) is 38.5 Å². The van der Waals surface area contributed by atoms with E-state index in [1.54, 1.807) is 0 Å². The second kappa shape index (κ2) is 56.6. The molecule has 10 heteroatoms. The number of rotatable bonds is 53. The summed E-state index contributed by atoms with van der Waals surface area (Å²) in [7, 11) is 1.13. The van der Waals surface area contributed by atoms with Crippen molar-refractivity contribution in [3.05, 3.63) is 146 Å². The number of hydrogen-bond donors (Lipinski definition) is 0. The minimum Gasteiger partial charge on any atom is -0.756 e.